The van der Waals surface area contributed by atoms with E-state index >= 15 is 0 Å². The first kappa shape index (κ1) is 12.4. The molecule has 0 radical (unpaired) electrons. The van der Waals surface area contributed by atoms with E-state index in [1.807, 2.05) is 0 Å². The summed E-state index contributed by atoms with van der Waals surface area (Å²) in [6.45, 7) is 0. The zero-order valence-corrected chi connectivity index (χ0v) is 10.9. The third-order valence-corrected chi connectivity index (χ3v) is 2.99. The number of nitrogens with two attached hydrogens (primary N) is 1. The van der Waals surface area contributed by atoms with Gasteiger partial charge in [0, 0.05) is 11.6 Å². The van der Waals surface area contributed by atoms with Crippen molar-refractivity contribution >= 4 is 17.4 Å². The molecule has 2 heterocycles. The number of nitrogens with zero attached hydrogens (tertiary/aromatic N) is 3. The molecule has 3 aromatic rings. The molecule has 0 aliphatic rings. The van der Waals surface area contributed by atoms with Gasteiger partial charge in [0.1, 0.15) is 23.0 Å². The molecule has 0 spiro atoms. The van der Waals surface area contributed by atoms with E-state index < -0.39 is 0 Å². The van der Waals surface area contributed by atoms with Crippen LogP contribution in [0.5, 0.6) is 5.75 Å². The van der Waals surface area contributed by atoms with E-state index in [9.17, 15) is 5.11 Å². The van der Waals surface area contributed by atoms with Gasteiger partial charge in [0.2, 0.25) is 0 Å². The van der Waals surface area contributed by atoms with Crippen molar-refractivity contribution in [3.63, 3.8) is 0 Å². The molecule has 1 aromatic carbocycles. The molecule has 3 N–H and O–H groups in total. The van der Waals surface area contributed by atoms with Gasteiger partial charge in [0.25, 0.3) is 0 Å². The van der Waals surface area contributed by atoms with Gasteiger partial charge in [0.05, 0.1) is 17.4 Å². The van der Waals surface area contributed by atoms with Crippen molar-refractivity contribution in [1.29, 1.82) is 0 Å². The number of rotatable bonds is 2. The number of nitrogen functional groups attached to an aromatic ring is 1. The maximum atomic E-state index is 9.47. The van der Waals surface area contributed by atoms with Crippen molar-refractivity contribution in [3.05, 3.63) is 41.7 Å². The Morgan fingerprint density at radius 2 is 2.05 bits per heavy atom. The SMILES string of the molecule is Nc1cnc(-c2ccc(O)c(Cl)c2)c(-c2ccno2)n1. The summed E-state index contributed by atoms with van der Waals surface area (Å²) >= 11 is 5.91. The van der Waals surface area contributed by atoms with Crippen LogP contribution in [-0.2, 0) is 0 Å². The molecule has 7 heteroatoms. The van der Waals surface area contributed by atoms with Gasteiger partial charge >= 0.3 is 0 Å². The molecule has 0 saturated heterocycles. The maximum Gasteiger partial charge on any atom is 0.187 e. The second kappa shape index (κ2) is 4.82. The lowest BCUT2D eigenvalue weighted by Gasteiger charge is -2.07. The largest absolute Gasteiger partial charge is 0.506 e. The minimum Gasteiger partial charge on any atom is -0.506 e. The molecular weight excluding hydrogens is 280 g/mol. The van der Waals surface area contributed by atoms with E-state index in [0.29, 0.717) is 22.7 Å². The van der Waals surface area contributed by atoms with E-state index in [4.69, 9.17) is 21.9 Å². The lowest BCUT2D eigenvalue weighted by atomic mass is 10.1. The second-order valence-corrected chi connectivity index (χ2v) is 4.44. The number of hydrogen-bond donors (Lipinski definition) is 2. The van der Waals surface area contributed by atoms with Gasteiger partial charge in [0.15, 0.2) is 5.76 Å². The average molecular weight is 289 g/mol. The monoisotopic (exact) mass is 288 g/mol. The second-order valence-electron chi connectivity index (χ2n) is 4.03. The van der Waals surface area contributed by atoms with Gasteiger partial charge in [-0.3, -0.25) is 0 Å². The Kier molecular flexibility index (Phi) is 3.00. The van der Waals surface area contributed by atoms with Crippen LogP contribution >= 0.6 is 11.6 Å². The molecule has 0 unspecified atom stereocenters. The molecule has 6 nitrogen and oxygen atoms in total. The zero-order chi connectivity index (χ0) is 14.1. The van der Waals surface area contributed by atoms with Crippen molar-refractivity contribution in [2.45, 2.75) is 0 Å². The highest BCUT2D eigenvalue weighted by atomic mass is 35.5. The number of benzene rings is 1. The first-order valence-corrected chi connectivity index (χ1v) is 6.05. The van der Waals surface area contributed by atoms with Gasteiger partial charge in [-0.05, 0) is 18.2 Å². The minimum absolute atomic E-state index is 0.0000335. The van der Waals surface area contributed by atoms with Crippen LogP contribution in [0, 0.1) is 0 Å². The van der Waals surface area contributed by atoms with Crippen LogP contribution in [0.25, 0.3) is 22.7 Å². The highest BCUT2D eigenvalue weighted by Gasteiger charge is 2.15. The quantitative estimate of drug-likeness (QED) is 0.752. The van der Waals surface area contributed by atoms with E-state index in [2.05, 4.69) is 15.1 Å². The standard InChI is InChI=1S/C13H9ClN4O2/c14-8-5-7(1-2-9(8)19)12-13(10-3-4-17-20-10)18-11(15)6-16-12/h1-6,19H,(H2,15,18). The third-order valence-electron chi connectivity index (χ3n) is 2.68. The Labute approximate surface area is 118 Å². The summed E-state index contributed by atoms with van der Waals surface area (Å²) in [4.78, 5) is 8.48. The lowest BCUT2D eigenvalue weighted by Crippen LogP contribution is -1.97. The number of aromatic hydroxyl groups is 1. The highest BCUT2D eigenvalue weighted by molar-refractivity contribution is 6.32. The Hall–Kier alpha value is -2.60. The van der Waals surface area contributed by atoms with E-state index in [1.54, 1.807) is 18.2 Å². The topological polar surface area (TPSA) is 98.1 Å². The first-order valence-electron chi connectivity index (χ1n) is 5.67. The molecule has 0 saturated carbocycles. The van der Waals surface area contributed by atoms with E-state index in [0.717, 1.165) is 0 Å². The summed E-state index contributed by atoms with van der Waals surface area (Å²) in [7, 11) is 0. The predicted molar refractivity (Wildman–Crippen MR) is 74.1 cm³/mol. The summed E-state index contributed by atoms with van der Waals surface area (Å²) in [5.41, 5.74) is 7.35. The predicted octanol–water partition coefficient (Wildman–Crippen LogP) is 2.74. The Morgan fingerprint density at radius 3 is 2.75 bits per heavy atom. The Balaban J connectivity index is 2.20. The summed E-state index contributed by atoms with van der Waals surface area (Å²) in [5, 5.41) is 13.3. The van der Waals surface area contributed by atoms with Gasteiger partial charge in [-0.2, -0.15) is 0 Å². The number of phenolic OH excluding ortho intramolecular Hbond substituents is 1. The number of anilines is 1. The van der Waals surface area contributed by atoms with E-state index in [-0.39, 0.29) is 16.6 Å². The van der Waals surface area contributed by atoms with Gasteiger partial charge in [-0.1, -0.05) is 16.8 Å². The van der Waals surface area contributed by atoms with Crippen LogP contribution in [-0.4, -0.2) is 20.2 Å². The number of hydrogen-bond acceptors (Lipinski definition) is 6. The Morgan fingerprint density at radius 1 is 1.20 bits per heavy atom. The van der Waals surface area contributed by atoms with Crippen molar-refractivity contribution in [3.8, 4) is 28.5 Å². The van der Waals surface area contributed by atoms with Crippen molar-refractivity contribution in [2.24, 2.45) is 0 Å². The van der Waals surface area contributed by atoms with Crippen molar-refractivity contribution in [2.75, 3.05) is 5.73 Å². The first-order chi connectivity index (χ1) is 9.65. The maximum absolute atomic E-state index is 9.47. The van der Waals surface area contributed by atoms with Crippen LogP contribution in [0.3, 0.4) is 0 Å². The molecule has 100 valence electrons. The van der Waals surface area contributed by atoms with Gasteiger partial charge < -0.3 is 15.4 Å². The van der Waals surface area contributed by atoms with Crippen LogP contribution in [0.4, 0.5) is 5.82 Å². The Bertz CT molecular complexity index is 759. The number of halogens is 1. The summed E-state index contributed by atoms with van der Waals surface area (Å²) in [5.74, 6) is 0.717. The molecule has 0 aliphatic heterocycles. The summed E-state index contributed by atoms with van der Waals surface area (Å²) in [6.07, 6.45) is 2.95. The van der Waals surface area contributed by atoms with Gasteiger partial charge in [-0.15, -0.1) is 0 Å². The molecular formula is C13H9ClN4O2. The fourth-order valence-corrected chi connectivity index (χ4v) is 1.96. The van der Waals surface area contributed by atoms with Crippen LogP contribution in [0.15, 0.2) is 41.2 Å². The molecule has 0 atom stereocenters. The molecule has 0 bridgehead atoms. The van der Waals surface area contributed by atoms with E-state index in [1.165, 1.54) is 18.5 Å². The molecule has 0 aliphatic carbocycles. The lowest BCUT2D eigenvalue weighted by molar-refractivity contribution is 0.431. The van der Waals surface area contributed by atoms with Gasteiger partial charge in [-0.25, -0.2) is 9.97 Å². The highest BCUT2D eigenvalue weighted by Crippen LogP contribution is 2.33. The normalized spacial score (nSPS) is 10.7. The molecule has 0 fully saturated rings. The smallest absolute Gasteiger partial charge is 0.187 e. The molecule has 0 amide bonds. The van der Waals surface area contributed by atoms with Crippen LogP contribution in [0.2, 0.25) is 5.02 Å². The third kappa shape index (κ3) is 2.17. The fourth-order valence-electron chi connectivity index (χ4n) is 1.78. The number of aromatic nitrogens is 3. The molecule has 3 rings (SSSR count). The summed E-state index contributed by atoms with van der Waals surface area (Å²) in [6, 6.07) is 6.42. The summed E-state index contributed by atoms with van der Waals surface area (Å²) < 4.78 is 5.10. The minimum atomic E-state index is 0.0000335. The van der Waals surface area contributed by atoms with Crippen molar-refractivity contribution < 1.29 is 9.63 Å². The molecule has 20 heavy (non-hydrogen) atoms. The molecule has 2 aromatic heterocycles. The number of phenols is 1. The fraction of sp³-hybridized carbons (Fsp3) is 0. The average Bonchev–Trinajstić information content (AvgIpc) is 2.96. The van der Waals surface area contributed by atoms with Crippen LogP contribution in [0.1, 0.15) is 0 Å². The zero-order valence-electron chi connectivity index (χ0n) is 10.1. The van der Waals surface area contributed by atoms with Crippen LogP contribution < -0.4 is 5.73 Å². The van der Waals surface area contributed by atoms with Crippen molar-refractivity contribution in [1.82, 2.24) is 15.1 Å².